The third-order valence-corrected chi connectivity index (χ3v) is 5.61. The third-order valence-electron chi connectivity index (χ3n) is 5.13. The number of nitrogens with one attached hydrogen (secondary N) is 1. The van der Waals surface area contributed by atoms with Gasteiger partial charge in [0.1, 0.15) is 5.82 Å². The molecule has 2 aromatic carbocycles. The summed E-state index contributed by atoms with van der Waals surface area (Å²) in [6, 6.07) is 11.4. The highest BCUT2D eigenvalue weighted by Crippen LogP contribution is 2.29. The van der Waals surface area contributed by atoms with Crippen molar-refractivity contribution in [2.24, 2.45) is 0 Å². The van der Waals surface area contributed by atoms with E-state index in [1.165, 1.54) is 17.2 Å². The molecule has 0 saturated carbocycles. The van der Waals surface area contributed by atoms with Crippen LogP contribution in [0, 0.1) is 19.7 Å². The maximum atomic E-state index is 13.9. The Balaban J connectivity index is 1.53. The number of hydrogen-bond acceptors (Lipinski definition) is 2. The van der Waals surface area contributed by atoms with E-state index in [0.717, 1.165) is 26.1 Å². The fraction of sp³-hybridized carbons (Fsp3) is 0.381. The summed E-state index contributed by atoms with van der Waals surface area (Å²) >= 11 is 6.09. The first kappa shape index (κ1) is 18.9. The summed E-state index contributed by atoms with van der Waals surface area (Å²) in [5, 5.41) is 2.98. The summed E-state index contributed by atoms with van der Waals surface area (Å²) in [7, 11) is 0. The monoisotopic (exact) mass is 374 g/mol. The molecule has 1 aliphatic heterocycles. The van der Waals surface area contributed by atoms with Gasteiger partial charge in [0.15, 0.2) is 0 Å². The van der Waals surface area contributed by atoms with E-state index < -0.39 is 11.7 Å². The zero-order valence-corrected chi connectivity index (χ0v) is 15.9. The topological polar surface area (TPSA) is 32.3 Å². The van der Waals surface area contributed by atoms with Crippen molar-refractivity contribution in [3.05, 3.63) is 69.5 Å². The second-order valence-corrected chi connectivity index (χ2v) is 7.33. The van der Waals surface area contributed by atoms with Gasteiger partial charge in [0.25, 0.3) is 5.91 Å². The van der Waals surface area contributed by atoms with Crippen LogP contribution in [-0.4, -0.2) is 37.0 Å². The van der Waals surface area contributed by atoms with Crippen molar-refractivity contribution in [3.63, 3.8) is 0 Å². The smallest absolute Gasteiger partial charge is 0.255 e. The van der Waals surface area contributed by atoms with Crippen molar-refractivity contribution in [1.29, 1.82) is 0 Å². The summed E-state index contributed by atoms with van der Waals surface area (Å²) in [6.07, 6.45) is 1.12. The molecule has 0 spiro atoms. The number of likely N-dealkylation sites (tertiary alicyclic amines) is 1. The normalized spacial score (nSPS) is 17.5. The van der Waals surface area contributed by atoms with Gasteiger partial charge in [-0.3, -0.25) is 4.79 Å². The fourth-order valence-electron chi connectivity index (χ4n) is 3.62. The number of carbonyl (C=O) groups is 1. The number of hydrogen-bond donors (Lipinski definition) is 1. The summed E-state index contributed by atoms with van der Waals surface area (Å²) in [4.78, 5) is 14.6. The number of rotatable bonds is 5. The molecule has 138 valence electrons. The van der Waals surface area contributed by atoms with E-state index in [4.69, 9.17) is 11.6 Å². The minimum absolute atomic E-state index is 0.0640. The molecule has 1 amide bonds. The van der Waals surface area contributed by atoms with Gasteiger partial charge in [-0.1, -0.05) is 41.9 Å². The van der Waals surface area contributed by atoms with E-state index in [1.54, 1.807) is 13.0 Å². The van der Waals surface area contributed by atoms with Crippen LogP contribution in [0.3, 0.4) is 0 Å². The molecule has 0 radical (unpaired) electrons. The Kier molecular flexibility index (Phi) is 5.94. The van der Waals surface area contributed by atoms with Crippen LogP contribution in [0.4, 0.5) is 4.39 Å². The molecule has 0 unspecified atom stereocenters. The van der Waals surface area contributed by atoms with E-state index in [9.17, 15) is 9.18 Å². The molecule has 5 heteroatoms. The largest absolute Gasteiger partial charge is 0.351 e. The second-order valence-electron chi connectivity index (χ2n) is 6.95. The molecule has 1 atom stereocenters. The van der Waals surface area contributed by atoms with Crippen LogP contribution in [0.1, 0.15) is 39.4 Å². The molecule has 0 aliphatic carbocycles. The fourth-order valence-corrected chi connectivity index (χ4v) is 3.85. The molecule has 0 bridgehead atoms. The predicted molar refractivity (Wildman–Crippen MR) is 103 cm³/mol. The molecule has 26 heavy (non-hydrogen) atoms. The number of aryl methyl sites for hydroxylation is 2. The highest BCUT2D eigenvalue weighted by molar-refractivity contribution is 6.34. The molecule has 1 saturated heterocycles. The van der Waals surface area contributed by atoms with Crippen molar-refractivity contribution < 1.29 is 9.18 Å². The van der Waals surface area contributed by atoms with E-state index >= 15 is 0 Å². The zero-order chi connectivity index (χ0) is 18.7. The van der Waals surface area contributed by atoms with Crippen LogP contribution in [0.5, 0.6) is 0 Å². The maximum Gasteiger partial charge on any atom is 0.255 e. The van der Waals surface area contributed by atoms with Gasteiger partial charge in [0.2, 0.25) is 0 Å². The lowest BCUT2D eigenvalue weighted by Crippen LogP contribution is -2.34. The summed E-state index contributed by atoms with van der Waals surface area (Å²) in [5.41, 5.74) is 3.37. The van der Waals surface area contributed by atoms with Crippen LogP contribution in [-0.2, 0) is 0 Å². The lowest BCUT2D eigenvalue weighted by atomic mass is 9.94. The van der Waals surface area contributed by atoms with Gasteiger partial charge in [-0.25, -0.2) is 4.39 Å². The number of nitrogens with zero attached hydrogens (tertiary/aromatic N) is 1. The van der Waals surface area contributed by atoms with Crippen molar-refractivity contribution in [2.75, 3.05) is 26.2 Å². The van der Waals surface area contributed by atoms with Gasteiger partial charge in [-0.15, -0.1) is 0 Å². The standard InChI is InChI=1S/C21H24ClFN2O/c1-14-5-3-4-6-17(14)16-9-11-25(13-16)12-10-24-21(26)19-18(23)8-7-15(2)20(19)22/h3-8,16H,9-13H2,1-2H3,(H,24,26)/t16-/m0/s1. The third kappa shape index (κ3) is 4.08. The molecule has 1 N–H and O–H groups in total. The number of benzene rings is 2. The SMILES string of the molecule is Cc1ccccc1[C@H]1CCN(CCNC(=O)c2c(F)ccc(C)c2Cl)C1. The van der Waals surface area contributed by atoms with E-state index in [1.807, 2.05) is 0 Å². The summed E-state index contributed by atoms with van der Waals surface area (Å²) < 4.78 is 13.9. The van der Waals surface area contributed by atoms with E-state index in [2.05, 4.69) is 41.4 Å². The van der Waals surface area contributed by atoms with Crippen molar-refractivity contribution >= 4 is 17.5 Å². The molecular weight excluding hydrogens is 351 g/mol. The number of carbonyl (C=O) groups excluding carboxylic acids is 1. The minimum Gasteiger partial charge on any atom is -0.351 e. The van der Waals surface area contributed by atoms with Crippen LogP contribution in [0.25, 0.3) is 0 Å². The van der Waals surface area contributed by atoms with Crippen molar-refractivity contribution in [1.82, 2.24) is 10.2 Å². The first-order chi connectivity index (χ1) is 12.5. The Morgan fingerprint density at radius 3 is 2.77 bits per heavy atom. The molecule has 1 aliphatic rings. The Hall–Kier alpha value is -1.91. The molecule has 2 aromatic rings. The average molecular weight is 375 g/mol. The Morgan fingerprint density at radius 2 is 2.00 bits per heavy atom. The van der Waals surface area contributed by atoms with Gasteiger partial charge < -0.3 is 10.2 Å². The van der Waals surface area contributed by atoms with Crippen LogP contribution < -0.4 is 5.32 Å². The van der Waals surface area contributed by atoms with Crippen molar-refractivity contribution in [2.45, 2.75) is 26.2 Å². The predicted octanol–water partition coefficient (Wildman–Crippen LogP) is 4.32. The summed E-state index contributed by atoms with van der Waals surface area (Å²) in [5.74, 6) is -0.500. The highest BCUT2D eigenvalue weighted by Gasteiger charge is 2.25. The Labute approximate surface area is 159 Å². The first-order valence-electron chi connectivity index (χ1n) is 8.98. The molecule has 3 rings (SSSR count). The van der Waals surface area contributed by atoms with Crippen LogP contribution >= 0.6 is 11.6 Å². The van der Waals surface area contributed by atoms with Crippen molar-refractivity contribution in [3.8, 4) is 0 Å². The average Bonchev–Trinajstić information content (AvgIpc) is 3.07. The second kappa shape index (κ2) is 8.19. The molecule has 1 fully saturated rings. The first-order valence-corrected chi connectivity index (χ1v) is 9.36. The Morgan fingerprint density at radius 1 is 1.23 bits per heavy atom. The van der Waals surface area contributed by atoms with Gasteiger partial charge in [-0.05, 0) is 55.5 Å². The zero-order valence-electron chi connectivity index (χ0n) is 15.2. The Bertz CT molecular complexity index is 809. The van der Waals surface area contributed by atoms with Gasteiger partial charge in [0.05, 0.1) is 10.6 Å². The minimum atomic E-state index is -0.584. The molecular formula is C21H24ClFN2O. The quantitative estimate of drug-likeness (QED) is 0.845. The van der Waals surface area contributed by atoms with Gasteiger partial charge in [0, 0.05) is 19.6 Å². The highest BCUT2D eigenvalue weighted by atomic mass is 35.5. The van der Waals surface area contributed by atoms with Crippen LogP contribution in [0.15, 0.2) is 36.4 Å². The molecule has 1 heterocycles. The van der Waals surface area contributed by atoms with E-state index in [0.29, 0.717) is 18.0 Å². The van der Waals surface area contributed by atoms with Crippen LogP contribution in [0.2, 0.25) is 5.02 Å². The number of amides is 1. The lowest BCUT2D eigenvalue weighted by molar-refractivity contribution is 0.0945. The molecule has 0 aromatic heterocycles. The number of halogens is 2. The molecule has 3 nitrogen and oxygen atoms in total. The van der Waals surface area contributed by atoms with Gasteiger partial charge in [-0.2, -0.15) is 0 Å². The lowest BCUT2D eigenvalue weighted by Gasteiger charge is -2.18. The summed E-state index contributed by atoms with van der Waals surface area (Å²) in [6.45, 7) is 7.13. The van der Waals surface area contributed by atoms with E-state index in [-0.39, 0.29) is 10.6 Å². The maximum absolute atomic E-state index is 13.9. The van der Waals surface area contributed by atoms with Gasteiger partial charge >= 0.3 is 0 Å².